The molecule has 4 heteroatoms. The number of piperazine rings is 1. The molecule has 1 unspecified atom stereocenters. The van der Waals surface area contributed by atoms with Gasteiger partial charge in [0.2, 0.25) is 0 Å². The fourth-order valence-corrected chi connectivity index (χ4v) is 1.85. The molecule has 1 fully saturated rings. The maximum absolute atomic E-state index is 10.7. The normalized spacial score (nSPS) is 21.3. The van der Waals surface area contributed by atoms with Crippen LogP contribution in [-0.4, -0.2) is 42.0 Å². The van der Waals surface area contributed by atoms with E-state index in [-0.39, 0.29) is 6.04 Å². The molecule has 1 radical (unpaired) electrons. The van der Waals surface area contributed by atoms with E-state index in [9.17, 15) is 4.79 Å². The minimum Gasteiger partial charge on any atom is -0.329 e. The van der Waals surface area contributed by atoms with E-state index in [0.29, 0.717) is 0 Å². The van der Waals surface area contributed by atoms with Gasteiger partial charge in [-0.3, -0.25) is 9.78 Å². The first-order valence-electron chi connectivity index (χ1n) is 5.14. The maximum Gasteiger partial charge on any atom is 0.312 e. The molecule has 4 nitrogen and oxygen atoms in total. The van der Waals surface area contributed by atoms with E-state index in [1.54, 1.807) is 17.3 Å². The zero-order chi connectivity index (χ0) is 10.5. The van der Waals surface area contributed by atoms with Gasteiger partial charge in [-0.1, -0.05) is 0 Å². The Morgan fingerprint density at radius 3 is 3.07 bits per heavy atom. The van der Waals surface area contributed by atoms with Gasteiger partial charge < -0.3 is 10.2 Å². The van der Waals surface area contributed by atoms with Crippen molar-refractivity contribution in [2.45, 2.75) is 12.5 Å². The molecule has 1 amide bonds. The lowest BCUT2D eigenvalue weighted by atomic mass is 10.0. The lowest BCUT2D eigenvalue weighted by Gasteiger charge is -2.32. The Bertz CT molecular complexity index is 315. The highest BCUT2D eigenvalue weighted by Gasteiger charge is 2.21. The molecule has 2 heterocycles. The summed E-state index contributed by atoms with van der Waals surface area (Å²) >= 11 is 0. The largest absolute Gasteiger partial charge is 0.329 e. The van der Waals surface area contributed by atoms with E-state index in [2.05, 4.69) is 10.3 Å². The zero-order valence-corrected chi connectivity index (χ0v) is 8.52. The molecule has 0 saturated carbocycles. The van der Waals surface area contributed by atoms with Crippen molar-refractivity contribution in [3.05, 3.63) is 30.1 Å². The van der Waals surface area contributed by atoms with Crippen molar-refractivity contribution >= 4 is 6.41 Å². The van der Waals surface area contributed by atoms with Gasteiger partial charge in [-0.05, 0) is 24.1 Å². The average molecular weight is 204 g/mol. The number of amides is 1. The first kappa shape index (κ1) is 10.1. The molecular weight excluding hydrogens is 190 g/mol. The fourth-order valence-electron chi connectivity index (χ4n) is 1.85. The number of hydrogen-bond donors (Lipinski definition) is 1. The molecule has 1 N–H and O–H groups in total. The number of nitrogens with one attached hydrogen (secondary N) is 1. The second-order valence-electron chi connectivity index (χ2n) is 3.70. The number of rotatable bonds is 3. The van der Waals surface area contributed by atoms with Gasteiger partial charge in [0.1, 0.15) is 0 Å². The van der Waals surface area contributed by atoms with Crippen molar-refractivity contribution in [3.63, 3.8) is 0 Å². The Morgan fingerprint density at radius 2 is 2.33 bits per heavy atom. The van der Waals surface area contributed by atoms with Gasteiger partial charge in [0.05, 0.1) is 0 Å². The molecule has 1 aliphatic heterocycles. The van der Waals surface area contributed by atoms with Crippen molar-refractivity contribution in [3.8, 4) is 0 Å². The van der Waals surface area contributed by atoms with Crippen LogP contribution in [-0.2, 0) is 11.2 Å². The van der Waals surface area contributed by atoms with Gasteiger partial charge in [0.15, 0.2) is 0 Å². The summed E-state index contributed by atoms with van der Waals surface area (Å²) in [5.41, 5.74) is 1.21. The fraction of sp³-hybridized carbons (Fsp3) is 0.455. The Morgan fingerprint density at radius 1 is 1.53 bits per heavy atom. The smallest absolute Gasteiger partial charge is 0.312 e. The summed E-state index contributed by atoms with van der Waals surface area (Å²) in [7, 11) is 0. The molecule has 1 aromatic heterocycles. The number of hydrogen-bond acceptors (Lipinski definition) is 3. The molecule has 15 heavy (non-hydrogen) atoms. The molecule has 1 atom stereocenters. The highest BCUT2D eigenvalue weighted by molar-refractivity contribution is 5.49. The van der Waals surface area contributed by atoms with Gasteiger partial charge in [0, 0.05) is 38.1 Å². The summed E-state index contributed by atoms with van der Waals surface area (Å²) in [5.74, 6) is 0. The van der Waals surface area contributed by atoms with Crippen molar-refractivity contribution in [1.29, 1.82) is 0 Å². The Labute approximate surface area is 89.3 Å². The minimum absolute atomic E-state index is 0.221. The van der Waals surface area contributed by atoms with Crippen LogP contribution in [0.4, 0.5) is 0 Å². The molecule has 0 spiro atoms. The van der Waals surface area contributed by atoms with E-state index >= 15 is 0 Å². The van der Waals surface area contributed by atoms with Gasteiger partial charge in [-0.2, -0.15) is 0 Å². The highest BCUT2D eigenvalue weighted by atomic mass is 16.1. The van der Waals surface area contributed by atoms with Gasteiger partial charge in [-0.25, -0.2) is 0 Å². The molecule has 2 rings (SSSR count). The topological polar surface area (TPSA) is 45.2 Å². The zero-order valence-electron chi connectivity index (χ0n) is 8.52. The van der Waals surface area contributed by atoms with E-state index in [0.717, 1.165) is 26.1 Å². The lowest BCUT2D eigenvalue weighted by Crippen LogP contribution is -2.51. The first-order valence-corrected chi connectivity index (χ1v) is 5.14. The number of nitrogens with zero attached hydrogens (tertiary/aromatic N) is 2. The van der Waals surface area contributed by atoms with Crippen LogP contribution in [0.2, 0.25) is 0 Å². The van der Waals surface area contributed by atoms with Crippen molar-refractivity contribution in [1.82, 2.24) is 15.2 Å². The summed E-state index contributed by atoms with van der Waals surface area (Å²) in [5, 5.41) is 3.28. The van der Waals surface area contributed by atoms with E-state index < -0.39 is 0 Å². The van der Waals surface area contributed by atoms with Crippen LogP contribution in [0.25, 0.3) is 0 Å². The van der Waals surface area contributed by atoms with Crippen LogP contribution in [0.1, 0.15) is 5.56 Å². The van der Waals surface area contributed by atoms with E-state index in [1.807, 2.05) is 18.5 Å². The van der Waals surface area contributed by atoms with Crippen LogP contribution in [0.15, 0.2) is 24.5 Å². The maximum atomic E-state index is 10.7. The molecule has 1 aromatic rings. The Balaban J connectivity index is 2.00. The first-order chi connectivity index (χ1) is 7.40. The van der Waals surface area contributed by atoms with Crippen LogP contribution in [0, 0.1) is 0 Å². The predicted octanol–water partition coefficient (Wildman–Crippen LogP) is -0.0349. The second-order valence-corrected chi connectivity index (χ2v) is 3.70. The van der Waals surface area contributed by atoms with E-state index in [1.165, 1.54) is 5.56 Å². The van der Waals surface area contributed by atoms with Crippen molar-refractivity contribution in [2.24, 2.45) is 0 Å². The van der Waals surface area contributed by atoms with Crippen LogP contribution in [0.3, 0.4) is 0 Å². The Kier molecular flexibility index (Phi) is 3.29. The SMILES string of the molecule is O=[C]N1CCNCC1Cc1ccncc1. The third kappa shape index (κ3) is 2.53. The van der Waals surface area contributed by atoms with Crippen LogP contribution >= 0.6 is 0 Å². The van der Waals surface area contributed by atoms with Crippen LogP contribution in [0.5, 0.6) is 0 Å². The Hall–Kier alpha value is -1.42. The van der Waals surface area contributed by atoms with Gasteiger partial charge >= 0.3 is 6.41 Å². The summed E-state index contributed by atoms with van der Waals surface area (Å²) in [6.45, 7) is 2.46. The number of carbonyl (C=O) groups excluding carboxylic acids is 1. The molecule has 0 bridgehead atoms. The summed E-state index contributed by atoms with van der Waals surface area (Å²) in [4.78, 5) is 16.4. The summed E-state index contributed by atoms with van der Waals surface area (Å²) in [6.07, 6.45) is 6.42. The standard InChI is InChI=1S/C11H14N3O/c15-9-14-6-5-13-8-11(14)7-10-1-3-12-4-2-10/h1-4,11,13H,5-8H2. The third-order valence-corrected chi connectivity index (χ3v) is 2.69. The quantitative estimate of drug-likeness (QED) is 0.751. The molecule has 0 aliphatic carbocycles. The second kappa shape index (κ2) is 4.89. The number of pyridine rings is 1. The monoisotopic (exact) mass is 204 g/mol. The average Bonchev–Trinajstić information content (AvgIpc) is 2.31. The van der Waals surface area contributed by atoms with Gasteiger partial charge in [-0.15, -0.1) is 0 Å². The van der Waals surface area contributed by atoms with Crippen molar-refractivity contribution in [2.75, 3.05) is 19.6 Å². The van der Waals surface area contributed by atoms with Crippen LogP contribution < -0.4 is 5.32 Å². The lowest BCUT2D eigenvalue weighted by molar-refractivity contribution is 0.244. The molecule has 0 aromatic carbocycles. The number of aromatic nitrogens is 1. The minimum atomic E-state index is 0.221. The molecule has 1 saturated heterocycles. The van der Waals surface area contributed by atoms with E-state index in [4.69, 9.17) is 0 Å². The summed E-state index contributed by atoms with van der Waals surface area (Å²) in [6, 6.07) is 4.19. The van der Waals surface area contributed by atoms with Gasteiger partial charge in [0.25, 0.3) is 0 Å². The third-order valence-electron chi connectivity index (χ3n) is 2.69. The predicted molar refractivity (Wildman–Crippen MR) is 57.0 cm³/mol. The molecule has 1 aliphatic rings. The molecule has 79 valence electrons. The molecular formula is C11H14N3O. The van der Waals surface area contributed by atoms with Crippen molar-refractivity contribution < 1.29 is 4.79 Å². The summed E-state index contributed by atoms with van der Waals surface area (Å²) < 4.78 is 0. The highest BCUT2D eigenvalue weighted by Crippen LogP contribution is 2.08.